The number of halogens is 1. The van der Waals surface area contributed by atoms with Crippen LogP contribution in [0, 0.1) is 5.95 Å². The highest BCUT2D eigenvalue weighted by Gasteiger charge is 2.26. The first-order chi connectivity index (χ1) is 10.7. The van der Waals surface area contributed by atoms with Crippen LogP contribution in [0.2, 0.25) is 0 Å². The van der Waals surface area contributed by atoms with E-state index in [-0.39, 0.29) is 24.4 Å². The van der Waals surface area contributed by atoms with Gasteiger partial charge in [-0.2, -0.15) is 9.37 Å². The summed E-state index contributed by atoms with van der Waals surface area (Å²) in [5, 5.41) is 5.15. The number of nitrogens with zero attached hydrogens (tertiary/aromatic N) is 3. The number of carbonyl (C=O) groups excluding carboxylic acids is 1. The van der Waals surface area contributed by atoms with Crippen LogP contribution in [0.1, 0.15) is 6.42 Å². The van der Waals surface area contributed by atoms with Crippen LogP contribution < -0.4 is 10.1 Å². The molecular formula is C14H15FN4O2S. The summed E-state index contributed by atoms with van der Waals surface area (Å²) in [4.78, 5) is 21.6. The lowest BCUT2D eigenvalue weighted by atomic mass is 10.3. The number of rotatable bonds is 5. The molecule has 0 spiro atoms. The first-order valence-electron chi connectivity index (χ1n) is 6.90. The number of ether oxygens (including phenoxy) is 1. The molecule has 1 fully saturated rings. The number of pyridine rings is 1. The largest absolute Gasteiger partial charge is 0.473 e. The quantitative estimate of drug-likeness (QED) is 0.850. The van der Waals surface area contributed by atoms with Crippen LogP contribution in [0.25, 0.3) is 0 Å². The van der Waals surface area contributed by atoms with Crippen LogP contribution in [-0.4, -0.2) is 46.5 Å². The van der Waals surface area contributed by atoms with Crippen LogP contribution in [0.5, 0.6) is 5.88 Å². The molecule has 1 atom stereocenters. The van der Waals surface area contributed by atoms with Crippen molar-refractivity contribution in [2.24, 2.45) is 0 Å². The van der Waals surface area contributed by atoms with Crippen LogP contribution in [-0.2, 0) is 4.79 Å². The Hall–Kier alpha value is -2.06. The minimum atomic E-state index is -0.560. The number of nitrogens with one attached hydrogen (secondary N) is 1. The van der Waals surface area contributed by atoms with E-state index in [1.165, 1.54) is 17.4 Å². The molecule has 2 aromatic rings. The Morgan fingerprint density at radius 1 is 1.55 bits per heavy atom. The van der Waals surface area contributed by atoms with E-state index < -0.39 is 5.95 Å². The topological polar surface area (TPSA) is 67.4 Å². The summed E-state index contributed by atoms with van der Waals surface area (Å²) >= 11 is 1.38. The van der Waals surface area contributed by atoms with Crippen LogP contribution in [0.4, 0.5) is 9.52 Å². The van der Waals surface area contributed by atoms with Crippen molar-refractivity contribution in [2.75, 3.05) is 25.0 Å². The minimum Gasteiger partial charge on any atom is -0.473 e. The highest BCUT2D eigenvalue weighted by molar-refractivity contribution is 7.13. The number of thiazole rings is 1. The molecule has 8 heteroatoms. The third-order valence-electron chi connectivity index (χ3n) is 3.25. The van der Waals surface area contributed by atoms with E-state index in [1.807, 2.05) is 4.90 Å². The zero-order valence-electron chi connectivity index (χ0n) is 11.7. The zero-order chi connectivity index (χ0) is 15.4. The van der Waals surface area contributed by atoms with Gasteiger partial charge in [-0.05, 0) is 12.5 Å². The Bertz CT molecular complexity index is 638. The highest BCUT2D eigenvalue weighted by Crippen LogP contribution is 2.17. The van der Waals surface area contributed by atoms with E-state index >= 15 is 0 Å². The van der Waals surface area contributed by atoms with Gasteiger partial charge in [0.15, 0.2) is 5.13 Å². The molecule has 1 aliphatic rings. The molecule has 1 saturated heterocycles. The predicted octanol–water partition coefficient (Wildman–Crippen LogP) is 1.77. The van der Waals surface area contributed by atoms with Gasteiger partial charge in [-0.25, -0.2) is 4.98 Å². The number of likely N-dealkylation sites (tertiary alicyclic amines) is 1. The van der Waals surface area contributed by atoms with Crippen molar-refractivity contribution in [3.63, 3.8) is 0 Å². The van der Waals surface area contributed by atoms with Crippen molar-refractivity contribution in [1.29, 1.82) is 0 Å². The molecule has 116 valence electrons. The molecule has 1 aliphatic heterocycles. The standard InChI is InChI=1S/C14H15FN4O2S/c15-11-2-1-3-13(17-11)21-10-4-6-19(8-10)9-12(20)18-14-16-5-7-22-14/h1-3,5,7,10H,4,6,8-9H2,(H,16,18,20). The summed E-state index contributed by atoms with van der Waals surface area (Å²) in [6.07, 6.45) is 2.34. The second kappa shape index (κ2) is 6.80. The van der Waals surface area contributed by atoms with Gasteiger partial charge < -0.3 is 10.1 Å². The Morgan fingerprint density at radius 2 is 2.45 bits per heavy atom. The summed E-state index contributed by atoms with van der Waals surface area (Å²) < 4.78 is 18.6. The zero-order valence-corrected chi connectivity index (χ0v) is 12.6. The molecule has 0 aliphatic carbocycles. The van der Waals surface area contributed by atoms with E-state index in [0.717, 1.165) is 13.0 Å². The van der Waals surface area contributed by atoms with Crippen LogP contribution in [0.15, 0.2) is 29.8 Å². The van der Waals surface area contributed by atoms with Crippen LogP contribution >= 0.6 is 11.3 Å². The third kappa shape index (κ3) is 3.99. The van der Waals surface area contributed by atoms with Gasteiger partial charge in [-0.1, -0.05) is 6.07 Å². The molecule has 6 nitrogen and oxygen atoms in total. The molecule has 3 rings (SSSR count). The normalized spacial score (nSPS) is 18.3. The fourth-order valence-corrected chi connectivity index (χ4v) is 2.86. The monoisotopic (exact) mass is 322 g/mol. The van der Waals surface area contributed by atoms with Gasteiger partial charge in [0, 0.05) is 30.7 Å². The van der Waals surface area contributed by atoms with Gasteiger partial charge in [0.05, 0.1) is 6.54 Å². The number of hydrogen-bond donors (Lipinski definition) is 1. The Balaban J connectivity index is 1.47. The van der Waals surface area contributed by atoms with E-state index in [1.54, 1.807) is 23.7 Å². The smallest absolute Gasteiger partial charge is 0.240 e. The molecule has 0 bridgehead atoms. The average Bonchev–Trinajstić information content (AvgIpc) is 3.11. The van der Waals surface area contributed by atoms with Crippen molar-refractivity contribution >= 4 is 22.4 Å². The summed E-state index contributed by atoms with van der Waals surface area (Å²) in [6.45, 7) is 1.66. The molecule has 0 saturated carbocycles. The lowest BCUT2D eigenvalue weighted by Gasteiger charge is -2.15. The molecule has 1 N–H and O–H groups in total. The summed E-state index contributed by atoms with van der Waals surface area (Å²) in [6, 6.07) is 4.46. The number of hydrogen-bond acceptors (Lipinski definition) is 6. The molecule has 1 amide bonds. The highest BCUT2D eigenvalue weighted by atomic mass is 32.1. The van der Waals surface area contributed by atoms with E-state index in [2.05, 4.69) is 15.3 Å². The fourth-order valence-electron chi connectivity index (χ4n) is 2.31. The maximum absolute atomic E-state index is 13.0. The third-order valence-corrected chi connectivity index (χ3v) is 3.94. The second-order valence-electron chi connectivity index (χ2n) is 4.95. The van der Waals surface area contributed by atoms with Gasteiger partial charge in [-0.15, -0.1) is 11.3 Å². The van der Waals surface area contributed by atoms with E-state index in [0.29, 0.717) is 11.7 Å². The predicted molar refractivity (Wildman–Crippen MR) is 80.4 cm³/mol. The maximum Gasteiger partial charge on any atom is 0.240 e. The average molecular weight is 322 g/mol. The second-order valence-corrected chi connectivity index (χ2v) is 5.84. The van der Waals surface area contributed by atoms with Gasteiger partial charge in [0.25, 0.3) is 0 Å². The molecule has 0 aromatic carbocycles. The fraction of sp³-hybridized carbons (Fsp3) is 0.357. The molecule has 2 aromatic heterocycles. The molecule has 0 radical (unpaired) electrons. The molecule has 22 heavy (non-hydrogen) atoms. The molecular weight excluding hydrogens is 307 g/mol. The molecule has 1 unspecified atom stereocenters. The first-order valence-corrected chi connectivity index (χ1v) is 7.78. The van der Waals surface area contributed by atoms with E-state index in [4.69, 9.17) is 4.74 Å². The van der Waals surface area contributed by atoms with Crippen molar-refractivity contribution in [3.05, 3.63) is 35.7 Å². The number of anilines is 1. The summed E-state index contributed by atoms with van der Waals surface area (Å²) in [7, 11) is 0. The Kier molecular flexibility index (Phi) is 4.59. The van der Waals surface area contributed by atoms with Crippen molar-refractivity contribution < 1.29 is 13.9 Å². The minimum absolute atomic E-state index is 0.0815. The first kappa shape index (κ1) is 14.9. The molecule has 3 heterocycles. The maximum atomic E-state index is 13.0. The number of aromatic nitrogens is 2. The van der Waals surface area contributed by atoms with Gasteiger partial charge in [0.1, 0.15) is 6.10 Å². The number of amides is 1. The van der Waals surface area contributed by atoms with Gasteiger partial charge in [0.2, 0.25) is 17.7 Å². The van der Waals surface area contributed by atoms with Crippen molar-refractivity contribution in [2.45, 2.75) is 12.5 Å². The van der Waals surface area contributed by atoms with E-state index in [9.17, 15) is 9.18 Å². The SMILES string of the molecule is O=C(CN1CCC(Oc2cccc(F)n2)C1)Nc1nccs1. The number of carbonyl (C=O) groups is 1. The Labute approximate surface area is 131 Å². The van der Waals surface area contributed by atoms with Crippen LogP contribution in [0.3, 0.4) is 0 Å². The lowest BCUT2D eigenvalue weighted by molar-refractivity contribution is -0.117. The van der Waals surface area contributed by atoms with Crippen molar-refractivity contribution in [3.8, 4) is 5.88 Å². The summed E-state index contributed by atoms with van der Waals surface area (Å²) in [5.74, 6) is -0.381. The Morgan fingerprint density at radius 3 is 3.23 bits per heavy atom. The van der Waals surface area contributed by atoms with Crippen molar-refractivity contribution in [1.82, 2.24) is 14.9 Å². The summed E-state index contributed by atoms with van der Waals surface area (Å²) in [5.41, 5.74) is 0. The van der Waals surface area contributed by atoms with Gasteiger partial charge in [-0.3, -0.25) is 9.69 Å². The lowest BCUT2D eigenvalue weighted by Crippen LogP contribution is -2.33. The van der Waals surface area contributed by atoms with Gasteiger partial charge >= 0.3 is 0 Å².